The van der Waals surface area contributed by atoms with E-state index in [-0.39, 0.29) is 97.6 Å². The van der Waals surface area contributed by atoms with Gasteiger partial charge in [0.1, 0.15) is 24.2 Å². The zero-order valence-electron chi connectivity index (χ0n) is 49.8. The predicted molar refractivity (Wildman–Crippen MR) is 325 cm³/mol. The van der Waals surface area contributed by atoms with E-state index in [9.17, 15) is 38.4 Å². The lowest BCUT2D eigenvalue weighted by atomic mass is 9.85. The number of pyridine rings is 2. The second kappa shape index (κ2) is 28.3. The summed E-state index contributed by atoms with van der Waals surface area (Å²) in [4.78, 5) is 124. The van der Waals surface area contributed by atoms with Gasteiger partial charge in [-0.3, -0.25) is 48.3 Å². The van der Waals surface area contributed by atoms with Crippen LogP contribution < -0.4 is 42.5 Å². The van der Waals surface area contributed by atoms with Gasteiger partial charge in [-0.2, -0.15) is 0 Å². The summed E-state index contributed by atoms with van der Waals surface area (Å²) in [5.41, 5.74) is 4.30. The highest BCUT2D eigenvalue weighted by molar-refractivity contribution is 5.98. The number of rotatable bonds is 17. The molecule has 22 heteroatoms. The van der Waals surface area contributed by atoms with Crippen molar-refractivity contribution in [3.05, 3.63) is 119 Å². The monoisotopic (exact) mass is 1190 g/mol. The quantitative estimate of drug-likeness (QED) is 0.0691. The Labute approximate surface area is 505 Å². The molecule has 2 aromatic carbocycles. The molecule has 4 heterocycles. The first-order valence-electron chi connectivity index (χ1n) is 28.8. The number of fused-ring (bicyclic) bond motifs is 2. The molecule has 2 aliphatic carbocycles. The molecule has 0 spiro atoms. The van der Waals surface area contributed by atoms with Crippen molar-refractivity contribution >= 4 is 72.1 Å². The molecule has 4 aliphatic rings. The van der Waals surface area contributed by atoms with Crippen molar-refractivity contribution in [2.75, 3.05) is 27.2 Å². The Hall–Kier alpha value is -7.00. The van der Waals surface area contributed by atoms with E-state index in [0.717, 1.165) is 49.7 Å². The van der Waals surface area contributed by atoms with Gasteiger partial charge in [0.05, 0.1) is 46.7 Å². The summed E-state index contributed by atoms with van der Waals surface area (Å²) in [5.74, 6) is -3.16. The van der Waals surface area contributed by atoms with Gasteiger partial charge < -0.3 is 52.3 Å². The lowest BCUT2D eigenvalue weighted by molar-refractivity contribution is -0.144. The lowest BCUT2D eigenvalue weighted by Gasteiger charge is -2.36. The number of benzene rings is 2. The Morgan fingerprint density at radius 1 is 0.524 bits per heavy atom. The summed E-state index contributed by atoms with van der Waals surface area (Å²) >= 11 is 0. The number of amides is 8. The zero-order chi connectivity index (χ0) is 59.2. The Kier molecular flexibility index (Phi) is 22.3. The summed E-state index contributed by atoms with van der Waals surface area (Å²) in [5, 5.41) is 24.2. The molecular formula is C62H84Cl2N12O8. The number of likely N-dealkylation sites (N-methyl/N-ethyl adjacent to an activating group) is 2. The minimum absolute atomic E-state index is 0. The maximum Gasteiger partial charge on any atom is 0.253 e. The molecule has 4 aromatic rings. The van der Waals surface area contributed by atoms with Crippen LogP contribution in [0, 0.1) is 10.8 Å². The van der Waals surface area contributed by atoms with E-state index in [1.807, 2.05) is 77.9 Å². The highest BCUT2D eigenvalue weighted by atomic mass is 35.5. The Balaban J connectivity index is 0.00000566. The first kappa shape index (κ1) is 66.1. The van der Waals surface area contributed by atoms with E-state index in [1.54, 1.807) is 52.2 Å². The van der Waals surface area contributed by atoms with Crippen molar-refractivity contribution in [3.63, 3.8) is 0 Å². The highest BCUT2D eigenvalue weighted by Gasteiger charge is 2.48. The molecule has 2 aromatic heterocycles. The van der Waals surface area contributed by atoms with Crippen molar-refractivity contribution in [2.45, 2.75) is 167 Å². The molecule has 454 valence electrons. The minimum atomic E-state index is -0.972. The molecule has 3 unspecified atom stereocenters. The van der Waals surface area contributed by atoms with E-state index in [2.05, 4.69) is 64.6 Å². The standard InChI is InChI=1S/C62H82N12O8.2ClH/c1-35(63-9)53(75)71-51(61(3,4)5)59(81)73-33-41(29-49(73)57(79)69-45-23-15-19-37-17-11-13-21-43(37)45)67-55(77)39-25-27-47(65-31-39)48-28-26-40(32-66-48)56(78)68-42-30-50(58(80)70-46-24-16-20-38-18-12-14-22-44(38)46)74(34-42)60(82)52(62(6,7)8)72-54(76)36(2)64-10;;/h11-14,17-18,21-22,25-28,31-32,35-36,41-42,45-46,49-52,63-64H,15-16,19-20,23-24,29-30,33-34H2,1-10H3,(H,67,77)(H,68,78)(H,69,79)(H,70,80)(H,71,75)(H,72,76);2*1H/t35-,36-,41-,42-,45+,46+,49?,50?,51+,52?;;/m0../s1. The normalized spacial score (nSPS) is 21.5. The SMILES string of the molecule is CN[C@@H](C)C(=O)NC(C(=O)N1C[C@@H](NC(=O)c2ccc(-c3ccc(C(=O)N[C@H]4CC(C(=O)N[C@@H]5CCCc6ccccc65)N(C(=O)[C@@H](NC(=O)[C@H](C)NC)C(C)(C)C)C4)cn3)nc2)CC1C(=O)N[C@@H]1CCCc2ccccc21)C(C)(C)C.Cl.Cl. The number of likely N-dealkylation sites (tertiary alicyclic amines) is 2. The van der Waals surface area contributed by atoms with Crippen LogP contribution in [-0.4, -0.2) is 143 Å². The van der Waals surface area contributed by atoms with Crippen molar-refractivity contribution in [2.24, 2.45) is 10.8 Å². The average molecular weight is 1200 g/mol. The van der Waals surface area contributed by atoms with Crippen LogP contribution in [0.3, 0.4) is 0 Å². The fourth-order valence-electron chi connectivity index (χ4n) is 11.5. The van der Waals surface area contributed by atoms with Gasteiger partial charge in [0.2, 0.25) is 35.4 Å². The van der Waals surface area contributed by atoms with Crippen molar-refractivity contribution in [1.82, 2.24) is 62.3 Å². The van der Waals surface area contributed by atoms with Crippen LogP contribution in [-0.2, 0) is 41.6 Å². The van der Waals surface area contributed by atoms with Gasteiger partial charge in [-0.25, -0.2) is 0 Å². The number of nitrogens with one attached hydrogen (secondary N) is 8. The molecule has 8 amide bonds. The molecule has 0 bridgehead atoms. The lowest BCUT2D eigenvalue weighted by Crippen LogP contribution is -2.59. The molecule has 8 rings (SSSR count). The summed E-state index contributed by atoms with van der Waals surface area (Å²) in [6.07, 6.45) is 8.21. The second-order valence-corrected chi connectivity index (χ2v) is 24.6. The molecule has 10 atom stereocenters. The molecule has 0 radical (unpaired) electrons. The number of aromatic nitrogens is 2. The number of halogens is 2. The Morgan fingerprint density at radius 2 is 0.893 bits per heavy atom. The van der Waals surface area contributed by atoms with Crippen LogP contribution in [0.4, 0.5) is 0 Å². The molecule has 2 saturated heterocycles. The van der Waals surface area contributed by atoms with Gasteiger partial charge in [0.25, 0.3) is 11.8 Å². The number of carbonyl (C=O) groups is 8. The van der Waals surface area contributed by atoms with Gasteiger partial charge >= 0.3 is 0 Å². The number of nitrogens with zero attached hydrogens (tertiary/aromatic N) is 4. The maximum absolute atomic E-state index is 14.6. The second-order valence-electron chi connectivity index (χ2n) is 24.6. The molecule has 0 saturated carbocycles. The Bertz CT molecular complexity index is 2820. The number of carbonyl (C=O) groups excluding carboxylic acids is 8. The fraction of sp³-hybridized carbons (Fsp3) is 0.516. The average Bonchev–Trinajstić information content (AvgIpc) is 4.19. The van der Waals surface area contributed by atoms with Crippen LogP contribution in [0.15, 0.2) is 85.2 Å². The third-order valence-corrected chi connectivity index (χ3v) is 16.6. The van der Waals surface area contributed by atoms with E-state index < -0.39 is 82.8 Å². The van der Waals surface area contributed by atoms with Crippen molar-refractivity contribution in [3.8, 4) is 11.4 Å². The van der Waals surface area contributed by atoms with E-state index in [0.29, 0.717) is 11.4 Å². The summed E-state index contributed by atoms with van der Waals surface area (Å²) < 4.78 is 0. The highest BCUT2D eigenvalue weighted by Crippen LogP contribution is 2.34. The van der Waals surface area contributed by atoms with Crippen LogP contribution in [0.2, 0.25) is 0 Å². The van der Waals surface area contributed by atoms with E-state index >= 15 is 0 Å². The van der Waals surface area contributed by atoms with Gasteiger partial charge in [-0.05, 0) is 137 Å². The summed E-state index contributed by atoms with van der Waals surface area (Å²) in [6, 6.07) is 15.8. The van der Waals surface area contributed by atoms with Gasteiger partial charge in [0, 0.05) is 37.6 Å². The smallest absolute Gasteiger partial charge is 0.253 e. The number of hydrogen-bond acceptors (Lipinski definition) is 12. The molecule has 8 N–H and O–H groups in total. The fourth-order valence-corrected chi connectivity index (χ4v) is 11.5. The zero-order valence-corrected chi connectivity index (χ0v) is 51.4. The molecular weight excluding hydrogens is 1110 g/mol. The topological polar surface area (TPSA) is 265 Å². The molecule has 84 heavy (non-hydrogen) atoms. The van der Waals surface area contributed by atoms with Crippen molar-refractivity contribution in [1.29, 1.82) is 0 Å². The van der Waals surface area contributed by atoms with Crippen LogP contribution >= 0.6 is 24.8 Å². The first-order chi connectivity index (χ1) is 38.9. The van der Waals surface area contributed by atoms with Crippen LogP contribution in [0.5, 0.6) is 0 Å². The van der Waals surface area contributed by atoms with E-state index in [1.165, 1.54) is 33.3 Å². The van der Waals surface area contributed by atoms with Crippen LogP contribution in [0.25, 0.3) is 11.4 Å². The van der Waals surface area contributed by atoms with Gasteiger partial charge in [0.15, 0.2) is 0 Å². The van der Waals surface area contributed by atoms with Gasteiger partial charge in [-0.15, -0.1) is 24.8 Å². The van der Waals surface area contributed by atoms with Crippen molar-refractivity contribution < 1.29 is 38.4 Å². The number of aryl methyl sites for hydroxylation is 2. The maximum atomic E-state index is 14.6. The molecule has 2 aliphatic heterocycles. The first-order valence-corrected chi connectivity index (χ1v) is 28.8. The summed E-state index contributed by atoms with van der Waals surface area (Å²) in [6.45, 7) is 14.6. The predicted octanol–water partition coefficient (Wildman–Crippen LogP) is 5.05. The molecule has 2 fully saturated rings. The third-order valence-electron chi connectivity index (χ3n) is 16.6. The molecule has 20 nitrogen and oxygen atoms in total. The van der Waals surface area contributed by atoms with Crippen LogP contribution in [0.1, 0.15) is 149 Å². The van der Waals surface area contributed by atoms with Gasteiger partial charge in [-0.1, -0.05) is 90.1 Å². The third kappa shape index (κ3) is 15.5. The number of hydrogen-bond donors (Lipinski definition) is 8. The minimum Gasteiger partial charge on any atom is -0.347 e. The van der Waals surface area contributed by atoms with E-state index in [4.69, 9.17) is 0 Å². The Morgan fingerprint density at radius 3 is 1.23 bits per heavy atom. The summed E-state index contributed by atoms with van der Waals surface area (Å²) in [7, 11) is 3.32. The largest absolute Gasteiger partial charge is 0.347 e.